The van der Waals surface area contributed by atoms with Crippen LogP contribution in [0.15, 0.2) is 0 Å². The molecule has 0 spiro atoms. The molecule has 0 aromatic rings. The Morgan fingerprint density at radius 2 is 1.65 bits per heavy atom. The van der Waals surface area contributed by atoms with Gasteiger partial charge in [0, 0.05) is 0 Å². The molecule has 0 fully saturated rings. The summed E-state index contributed by atoms with van der Waals surface area (Å²) >= 11 is 0. The SMILES string of the molecule is CCCCCCCCN[C@H](C(N)=O)C(C)C.Cl. The summed E-state index contributed by atoms with van der Waals surface area (Å²) in [4.78, 5) is 11.1. The predicted molar refractivity (Wildman–Crippen MR) is 76.4 cm³/mol. The third kappa shape index (κ3) is 10.6. The van der Waals surface area contributed by atoms with Crippen LogP contribution in [0, 0.1) is 5.92 Å². The quantitative estimate of drug-likeness (QED) is 0.596. The zero-order valence-electron chi connectivity index (χ0n) is 11.5. The fraction of sp³-hybridized carbons (Fsp3) is 0.923. The number of carbonyl (C=O) groups excluding carboxylic acids is 1. The zero-order valence-corrected chi connectivity index (χ0v) is 12.3. The highest BCUT2D eigenvalue weighted by Crippen LogP contribution is 2.05. The number of primary amides is 1. The number of carbonyl (C=O) groups is 1. The number of unbranched alkanes of at least 4 members (excludes halogenated alkanes) is 5. The maximum atomic E-state index is 11.1. The predicted octanol–water partition coefficient (Wildman–Crippen LogP) is 2.87. The third-order valence-electron chi connectivity index (χ3n) is 2.87. The van der Waals surface area contributed by atoms with Crippen molar-refractivity contribution in [1.29, 1.82) is 0 Å². The highest BCUT2D eigenvalue weighted by Gasteiger charge is 2.17. The molecule has 0 rings (SSSR count). The first-order valence-electron chi connectivity index (χ1n) is 6.62. The number of rotatable bonds is 10. The van der Waals surface area contributed by atoms with Gasteiger partial charge in [0.25, 0.3) is 0 Å². The van der Waals surface area contributed by atoms with Crippen molar-refractivity contribution in [3.05, 3.63) is 0 Å². The van der Waals surface area contributed by atoms with Gasteiger partial charge in [-0.15, -0.1) is 12.4 Å². The molecule has 0 radical (unpaired) electrons. The summed E-state index contributed by atoms with van der Waals surface area (Å²) in [5.74, 6) is 0.0403. The Labute approximate surface area is 112 Å². The molecule has 0 unspecified atom stereocenters. The molecule has 1 atom stereocenters. The van der Waals surface area contributed by atoms with E-state index in [0.717, 1.165) is 13.0 Å². The first-order chi connectivity index (χ1) is 7.59. The van der Waals surface area contributed by atoms with Gasteiger partial charge in [-0.25, -0.2) is 0 Å². The molecule has 0 aromatic heterocycles. The van der Waals surface area contributed by atoms with Crippen LogP contribution in [0.2, 0.25) is 0 Å². The van der Waals surface area contributed by atoms with Crippen LogP contribution < -0.4 is 11.1 Å². The molecule has 0 bridgehead atoms. The topological polar surface area (TPSA) is 55.1 Å². The van der Waals surface area contributed by atoms with Crippen molar-refractivity contribution < 1.29 is 4.79 Å². The van der Waals surface area contributed by atoms with Gasteiger partial charge in [-0.1, -0.05) is 52.9 Å². The van der Waals surface area contributed by atoms with Crippen LogP contribution in [-0.4, -0.2) is 18.5 Å². The second-order valence-corrected chi connectivity index (χ2v) is 4.85. The smallest absolute Gasteiger partial charge is 0.234 e. The number of amides is 1. The van der Waals surface area contributed by atoms with E-state index in [1.807, 2.05) is 13.8 Å². The van der Waals surface area contributed by atoms with Crippen LogP contribution in [-0.2, 0) is 4.79 Å². The van der Waals surface area contributed by atoms with Gasteiger partial charge in [0.2, 0.25) is 5.91 Å². The highest BCUT2D eigenvalue weighted by atomic mass is 35.5. The standard InChI is InChI=1S/C13H28N2O.ClH/c1-4-5-6-7-8-9-10-15-12(11(2)3)13(14)16;/h11-12,15H,4-10H2,1-3H3,(H2,14,16);1H/t12-;/m0./s1. The number of halogens is 1. The van der Waals surface area contributed by atoms with Crippen molar-refractivity contribution in [3.8, 4) is 0 Å². The Hall–Kier alpha value is -0.280. The van der Waals surface area contributed by atoms with E-state index in [9.17, 15) is 4.79 Å². The molecular weight excluding hydrogens is 236 g/mol. The normalized spacial score (nSPS) is 12.2. The van der Waals surface area contributed by atoms with E-state index >= 15 is 0 Å². The molecule has 0 aliphatic heterocycles. The van der Waals surface area contributed by atoms with Crippen LogP contribution in [0.1, 0.15) is 59.3 Å². The molecular formula is C13H29ClN2O. The molecule has 17 heavy (non-hydrogen) atoms. The summed E-state index contributed by atoms with van der Waals surface area (Å²) < 4.78 is 0. The van der Waals surface area contributed by atoms with Crippen molar-refractivity contribution in [3.63, 3.8) is 0 Å². The lowest BCUT2D eigenvalue weighted by Gasteiger charge is -2.18. The fourth-order valence-corrected chi connectivity index (χ4v) is 1.83. The largest absolute Gasteiger partial charge is 0.368 e. The zero-order chi connectivity index (χ0) is 12.4. The van der Waals surface area contributed by atoms with E-state index in [1.165, 1.54) is 32.1 Å². The van der Waals surface area contributed by atoms with Crippen molar-refractivity contribution in [2.24, 2.45) is 11.7 Å². The second kappa shape index (κ2) is 12.2. The molecule has 0 saturated carbocycles. The molecule has 0 aromatic carbocycles. The van der Waals surface area contributed by atoms with Gasteiger partial charge < -0.3 is 11.1 Å². The summed E-state index contributed by atoms with van der Waals surface area (Å²) in [6.45, 7) is 7.16. The minimum atomic E-state index is -0.235. The first kappa shape index (κ1) is 19.1. The molecule has 104 valence electrons. The number of hydrogen-bond acceptors (Lipinski definition) is 2. The van der Waals surface area contributed by atoms with E-state index in [4.69, 9.17) is 5.73 Å². The van der Waals surface area contributed by atoms with Gasteiger partial charge in [0.15, 0.2) is 0 Å². The Morgan fingerprint density at radius 3 is 2.12 bits per heavy atom. The van der Waals surface area contributed by atoms with Gasteiger partial charge in [0.05, 0.1) is 6.04 Å². The molecule has 0 saturated heterocycles. The van der Waals surface area contributed by atoms with Crippen molar-refractivity contribution in [2.75, 3.05) is 6.54 Å². The van der Waals surface area contributed by atoms with Crippen LogP contribution >= 0.6 is 12.4 Å². The Balaban J connectivity index is 0. The maximum Gasteiger partial charge on any atom is 0.234 e. The van der Waals surface area contributed by atoms with Crippen molar-refractivity contribution in [2.45, 2.75) is 65.3 Å². The molecule has 0 heterocycles. The number of hydrogen-bond donors (Lipinski definition) is 2. The molecule has 4 heteroatoms. The summed E-state index contributed by atoms with van der Waals surface area (Å²) in [5.41, 5.74) is 5.32. The second-order valence-electron chi connectivity index (χ2n) is 4.85. The van der Waals surface area contributed by atoms with E-state index in [1.54, 1.807) is 0 Å². The molecule has 3 N–H and O–H groups in total. The summed E-state index contributed by atoms with van der Waals surface area (Å²) in [7, 11) is 0. The lowest BCUT2D eigenvalue weighted by Crippen LogP contribution is -2.45. The van der Waals surface area contributed by atoms with Gasteiger partial charge in [-0.3, -0.25) is 4.79 Å². The van der Waals surface area contributed by atoms with Crippen LogP contribution in [0.5, 0.6) is 0 Å². The van der Waals surface area contributed by atoms with E-state index in [2.05, 4.69) is 12.2 Å². The van der Waals surface area contributed by atoms with Crippen LogP contribution in [0.25, 0.3) is 0 Å². The van der Waals surface area contributed by atoms with Crippen molar-refractivity contribution >= 4 is 18.3 Å². The van der Waals surface area contributed by atoms with E-state index in [0.29, 0.717) is 0 Å². The monoisotopic (exact) mass is 264 g/mol. The summed E-state index contributed by atoms with van der Waals surface area (Å²) in [6.07, 6.45) is 7.65. The minimum Gasteiger partial charge on any atom is -0.368 e. The average molecular weight is 265 g/mol. The van der Waals surface area contributed by atoms with Gasteiger partial charge in [-0.2, -0.15) is 0 Å². The summed E-state index contributed by atoms with van der Waals surface area (Å²) in [6, 6.07) is -0.171. The maximum absolute atomic E-state index is 11.1. The summed E-state index contributed by atoms with van der Waals surface area (Å²) in [5, 5.41) is 3.23. The first-order valence-corrected chi connectivity index (χ1v) is 6.62. The lowest BCUT2D eigenvalue weighted by atomic mass is 10.0. The van der Waals surface area contributed by atoms with Gasteiger partial charge in [-0.05, 0) is 18.9 Å². The van der Waals surface area contributed by atoms with Crippen LogP contribution in [0.3, 0.4) is 0 Å². The molecule has 3 nitrogen and oxygen atoms in total. The Morgan fingerprint density at radius 1 is 1.12 bits per heavy atom. The number of nitrogens with two attached hydrogens (primary N) is 1. The number of nitrogens with one attached hydrogen (secondary N) is 1. The van der Waals surface area contributed by atoms with Gasteiger partial charge in [0.1, 0.15) is 0 Å². The molecule has 0 aliphatic carbocycles. The Bertz CT molecular complexity index is 186. The average Bonchev–Trinajstić information content (AvgIpc) is 2.21. The van der Waals surface area contributed by atoms with Gasteiger partial charge >= 0.3 is 0 Å². The lowest BCUT2D eigenvalue weighted by molar-refractivity contribution is -0.121. The van der Waals surface area contributed by atoms with Crippen molar-refractivity contribution in [1.82, 2.24) is 5.32 Å². The fourth-order valence-electron chi connectivity index (χ4n) is 1.83. The third-order valence-corrected chi connectivity index (χ3v) is 2.87. The molecule has 1 amide bonds. The van der Waals surface area contributed by atoms with E-state index < -0.39 is 0 Å². The Kier molecular flexibility index (Phi) is 13.7. The molecule has 0 aliphatic rings. The highest BCUT2D eigenvalue weighted by molar-refractivity contribution is 5.85. The minimum absolute atomic E-state index is 0. The van der Waals surface area contributed by atoms with E-state index in [-0.39, 0.29) is 30.3 Å². The van der Waals surface area contributed by atoms with Crippen LogP contribution in [0.4, 0.5) is 0 Å².